The van der Waals surface area contributed by atoms with Gasteiger partial charge in [-0.05, 0) is 23.3 Å². The van der Waals surface area contributed by atoms with E-state index in [1.807, 2.05) is 36.2 Å². The third-order valence-electron chi connectivity index (χ3n) is 3.57. The van der Waals surface area contributed by atoms with Crippen LogP contribution < -0.4 is 10.6 Å². The van der Waals surface area contributed by atoms with E-state index in [9.17, 15) is 4.39 Å². The number of methoxy groups -OCH3 is 1. The number of nitrogens with zero attached hydrogens (tertiary/aromatic N) is 1. The highest BCUT2D eigenvalue weighted by molar-refractivity contribution is 5.49. The van der Waals surface area contributed by atoms with Crippen molar-refractivity contribution < 1.29 is 9.13 Å². The van der Waals surface area contributed by atoms with Crippen molar-refractivity contribution in [1.82, 2.24) is 0 Å². The summed E-state index contributed by atoms with van der Waals surface area (Å²) in [6.07, 6.45) is 0. The van der Waals surface area contributed by atoms with Crippen LogP contribution in [0.25, 0.3) is 0 Å². The molecule has 112 valence electrons. The Labute approximate surface area is 125 Å². The predicted molar refractivity (Wildman–Crippen MR) is 83.8 cm³/mol. The van der Waals surface area contributed by atoms with Gasteiger partial charge in [0.2, 0.25) is 0 Å². The number of hydrogen-bond donors (Lipinski definition) is 1. The summed E-state index contributed by atoms with van der Waals surface area (Å²) in [7, 11) is 3.53. The number of rotatable bonds is 6. The van der Waals surface area contributed by atoms with Crippen molar-refractivity contribution in [1.29, 1.82) is 0 Å². The zero-order chi connectivity index (χ0) is 15.2. The normalized spacial score (nSPS) is 12.2. The Morgan fingerprint density at radius 3 is 2.62 bits per heavy atom. The maximum absolute atomic E-state index is 13.9. The van der Waals surface area contributed by atoms with Crippen LogP contribution in [0.1, 0.15) is 17.2 Å². The second-order valence-electron chi connectivity index (χ2n) is 4.99. The summed E-state index contributed by atoms with van der Waals surface area (Å²) >= 11 is 0. The van der Waals surface area contributed by atoms with Crippen LogP contribution in [0.4, 0.5) is 10.1 Å². The average Bonchev–Trinajstić information content (AvgIpc) is 2.49. The highest BCUT2D eigenvalue weighted by Crippen LogP contribution is 2.27. The number of hydrogen-bond acceptors (Lipinski definition) is 3. The van der Waals surface area contributed by atoms with E-state index in [1.54, 1.807) is 19.2 Å². The molecule has 1 unspecified atom stereocenters. The lowest BCUT2D eigenvalue weighted by Crippen LogP contribution is -2.31. The molecule has 0 heterocycles. The molecule has 0 aliphatic rings. The van der Waals surface area contributed by atoms with Gasteiger partial charge in [0, 0.05) is 20.7 Å². The molecule has 0 saturated carbocycles. The first-order chi connectivity index (χ1) is 10.2. The van der Waals surface area contributed by atoms with Crippen LogP contribution in [0.3, 0.4) is 0 Å². The fourth-order valence-electron chi connectivity index (χ4n) is 2.48. The van der Waals surface area contributed by atoms with Crippen molar-refractivity contribution in [2.45, 2.75) is 12.6 Å². The van der Waals surface area contributed by atoms with E-state index in [-0.39, 0.29) is 11.9 Å². The van der Waals surface area contributed by atoms with Gasteiger partial charge < -0.3 is 15.4 Å². The third kappa shape index (κ3) is 3.60. The summed E-state index contributed by atoms with van der Waals surface area (Å²) in [6, 6.07) is 14.7. The molecular weight excluding hydrogens is 267 g/mol. The molecule has 0 bridgehead atoms. The zero-order valence-electron chi connectivity index (χ0n) is 12.4. The van der Waals surface area contributed by atoms with Gasteiger partial charge in [-0.2, -0.15) is 0 Å². The Bertz CT molecular complexity index is 589. The summed E-state index contributed by atoms with van der Waals surface area (Å²) in [5, 5.41) is 0. The van der Waals surface area contributed by atoms with Gasteiger partial charge in [-0.3, -0.25) is 0 Å². The molecule has 0 aromatic heterocycles. The molecular formula is C17H21FN2O. The Hall–Kier alpha value is -1.91. The zero-order valence-corrected chi connectivity index (χ0v) is 12.4. The fourth-order valence-corrected chi connectivity index (χ4v) is 2.48. The van der Waals surface area contributed by atoms with Crippen molar-refractivity contribution in [3.05, 3.63) is 65.5 Å². The number of nitrogens with two attached hydrogens (primary N) is 1. The molecule has 0 aliphatic carbocycles. The maximum Gasteiger partial charge on any atom is 0.146 e. The molecule has 1 atom stereocenters. The smallest absolute Gasteiger partial charge is 0.146 e. The minimum absolute atomic E-state index is 0.0845. The SMILES string of the molecule is COCc1cccc(C(CN)N(C)c2ccccc2F)c1. The molecule has 2 rings (SSSR count). The lowest BCUT2D eigenvalue weighted by molar-refractivity contribution is 0.185. The van der Waals surface area contributed by atoms with E-state index in [2.05, 4.69) is 6.07 Å². The molecule has 0 fully saturated rings. The predicted octanol–water partition coefficient (Wildman–Crippen LogP) is 3.11. The Morgan fingerprint density at radius 1 is 1.19 bits per heavy atom. The molecule has 2 aromatic rings. The van der Waals surface area contributed by atoms with Crippen molar-refractivity contribution >= 4 is 5.69 Å². The first kappa shape index (κ1) is 15.5. The number of anilines is 1. The van der Waals surface area contributed by atoms with Crippen molar-refractivity contribution in [2.24, 2.45) is 5.73 Å². The topological polar surface area (TPSA) is 38.5 Å². The number of likely N-dealkylation sites (N-methyl/N-ethyl adjacent to an activating group) is 1. The number of halogens is 1. The van der Waals surface area contributed by atoms with Gasteiger partial charge in [0.15, 0.2) is 0 Å². The molecule has 3 nitrogen and oxygen atoms in total. The second-order valence-corrected chi connectivity index (χ2v) is 4.99. The first-order valence-corrected chi connectivity index (χ1v) is 6.92. The quantitative estimate of drug-likeness (QED) is 0.887. The molecule has 21 heavy (non-hydrogen) atoms. The molecule has 0 saturated heterocycles. The highest BCUT2D eigenvalue weighted by Gasteiger charge is 2.18. The minimum atomic E-state index is -0.244. The van der Waals surface area contributed by atoms with Crippen LogP contribution in [0.15, 0.2) is 48.5 Å². The Morgan fingerprint density at radius 2 is 1.95 bits per heavy atom. The number of para-hydroxylation sites is 1. The van der Waals surface area contributed by atoms with Crippen molar-refractivity contribution in [3.63, 3.8) is 0 Å². The van der Waals surface area contributed by atoms with Gasteiger partial charge in [0.25, 0.3) is 0 Å². The third-order valence-corrected chi connectivity index (χ3v) is 3.57. The van der Waals surface area contributed by atoms with Gasteiger partial charge >= 0.3 is 0 Å². The summed E-state index contributed by atoms with van der Waals surface area (Å²) in [5.41, 5.74) is 8.60. The van der Waals surface area contributed by atoms with Crippen molar-refractivity contribution in [3.8, 4) is 0 Å². The van der Waals surface area contributed by atoms with Gasteiger partial charge in [-0.1, -0.05) is 36.4 Å². The minimum Gasteiger partial charge on any atom is -0.380 e. The maximum atomic E-state index is 13.9. The van der Waals surface area contributed by atoms with Gasteiger partial charge in [0.05, 0.1) is 18.3 Å². The van der Waals surface area contributed by atoms with Gasteiger partial charge in [0.1, 0.15) is 5.82 Å². The monoisotopic (exact) mass is 288 g/mol. The molecule has 2 aromatic carbocycles. The Balaban J connectivity index is 2.31. The Kier molecular flexibility index (Phi) is 5.31. The van der Waals surface area contributed by atoms with Crippen LogP contribution in [-0.4, -0.2) is 20.7 Å². The van der Waals surface area contributed by atoms with Gasteiger partial charge in [-0.25, -0.2) is 4.39 Å². The largest absolute Gasteiger partial charge is 0.380 e. The molecule has 2 N–H and O–H groups in total. The number of ether oxygens (including phenoxy) is 1. The van der Waals surface area contributed by atoms with E-state index in [4.69, 9.17) is 10.5 Å². The van der Waals surface area contributed by atoms with E-state index in [1.165, 1.54) is 6.07 Å². The van der Waals surface area contributed by atoms with Crippen LogP contribution in [0, 0.1) is 5.82 Å². The lowest BCUT2D eigenvalue weighted by atomic mass is 10.0. The van der Waals surface area contributed by atoms with E-state index in [0.717, 1.165) is 11.1 Å². The molecule has 4 heteroatoms. The summed E-state index contributed by atoms with van der Waals surface area (Å²) in [4.78, 5) is 1.88. The van der Waals surface area contributed by atoms with E-state index >= 15 is 0 Å². The van der Waals surface area contributed by atoms with Crippen LogP contribution in [0.2, 0.25) is 0 Å². The molecule has 0 amide bonds. The molecule has 0 radical (unpaired) electrons. The average molecular weight is 288 g/mol. The van der Waals surface area contributed by atoms with Gasteiger partial charge in [-0.15, -0.1) is 0 Å². The summed E-state index contributed by atoms with van der Waals surface area (Å²) < 4.78 is 19.1. The van der Waals surface area contributed by atoms with Crippen LogP contribution in [-0.2, 0) is 11.3 Å². The van der Waals surface area contributed by atoms with E-state index in [0.29, 0.717) is 18.8 Å². The summed E-state index contributed by atoms with van der Waals surface area (Å²) in [5.74, 6) is -0.244. The molecule has 0 aliphatic heterocycles. The molecule has 0 spiro atoms. The highest BCUT2D eigenvalue weighted by atomic mass is 19.1. The standard InChI is InChI=1S/C17H21FN2O/c1-20(16-9-4-3-8-15(16)18)17(11-19)14-7-5-6-13(10-14)12-21-2/h3-10,17H,11-12,19H2,1-2H3. The lowest BCUT2D eigenvalue weighted by Gasteiger charge is -2.30. The van der Waals surface area contributed by atoms with Crippen molar-refractivity contribution in [2.75, 3.05) is 25.6 Å². The van der Waals surface area contributed by atoms with Crippen LogP contribution in [0.5, 0.6) is 0 Å². The fraction of sp³-hybridized carbons (Fsp3) is 0.294. The number of benzene rings is 2. The van der Waals surface area contributed by atoms with E-state index < -0.39 is 0 Å². The second kappa shape index (κ2) is 7.20. The summed E-state index contributed by atoms with van der Waals surface area (Å²) in [6.45, 7) is 0.954. The van der Waals surface area contributed by atoms with Crippen LogP contribution >= 0.6 is 0 Å². The first-order valence-electron chi connectivity index (χ1n) is 6.92.